The summed E-state index contributed by atoms with van der Waals surface area (Å²) in [5, 5.41) is 2.82. The second-order valence-electron chi connectivity index (χ2n) is 8.80. The van der Waals surface area contributed by atoms with Crippen molar-refractivity contribution in [3.05, 3.63) is 165 Å². The summed E-state index contributed by atoms with van der Waals surface area (Å²) >= 11 is 44.4. The van der Waals surface area contributed by atoms with Gasteiger partial charge in [0.15, 0.2) is 0 Å². The molecule has 0 nitrogen and oxygen atoms in total. The van der Waals surface area contributed by atoms with E-state index in [2.05, 4.69) is 103 Å². The van der Waals surface area contributed by atoms with Gasteiger partial charge in [-0.2, -0.15) is 0 Å². The Bertz CT molecular complexity index is 1740. The number of halogens is 9. The molecule has 0 aliphatic rings. The Kier molecular flexibility index (Phi) is 14.4. The van der Waals surface area contributed by atoms with Crippen molar-refractivity contribution in [3.63, 3.8) is 0 Å². The van der Waals surface area contributed by atoms with Crippen molar-refractivity contribution in [2.24, 2.45) is 0 Å². The van der Waals surface area contributed by atoms with E-state index < -0.39 is 0 Å². The van der Waals surface area contributed by atoms with Gasteiger partial charge in [0.05, 0.1) is 57.5 Å². The number of rotatable bonds is 0. The first kappa shape index (κ1) is 36.5. The van der Waals surface area contributed by atoms with Crippen LogP contribution < -0.4 is 0 Å². The molecule has 0 N–H and O–H groups in total. The number of benzene rings is 5. The molecule has 0 aliphatic carbocycles. The van der Waals surface area contributed by atoms with Crippen LogP contribution in [-0.4, -0.2) is 0 Å². The van der Waals surface area contributed by atoms with E-state index in [4.69, 9.17) is 69.6 Å². The molecule has 0 unspecified atom stereocenters. The van der Waals surface area contributed by atoms with Crippen LogP contribution in [0.2, 0.25) is 30.1 Å². The molecule has 0 saturated heterocycles. The van der Waals surface area contributed by atoms with E-state index in [0.717, 1.165) is 27.4 Å². The first-order valence-corrected chi connectivity index (χ1v) is 18.2. The van der Waals surface area contributed by atoms with Crippen LogP contribution in [0.3, 0.4) is 0 Å². The zero-order valence-corrected chi connectivity index (χ0v) is 33.6. The van der Waals surface area contributed by atoms with Crippen LogP contribution in [0.15, 0.2) is 91.0 Å². The minimum Gasteiger partial charge on any atom is -0.0819 e. The van der Waals surface area contributed by atoms with Crippen LogP contribution in [0.1, 0.15) is 33.4 Å². The Balaban J connectivity index is 0.000000323. The Labute approximate surface area is 333 Å². The first-order valence-electron chi connectivity index (χ1n) is 12.7. The van der Waals surface area contributed by atoms with Crippen LogP contribution in [-0.2, 0) is 0 Å². The molecule has 0 atom stereocenters. The lowest BCUT2D eigenvalue weighted by atomic mass is 10.0. The highest BCUT2D eigenvalue weighted by molar-refractivity contribution is 14.1. The Hall–Kier alpha value is -1.29. The summed E-state index contributed by atoms with van der Waals surface area (Å²) in [7, 11) is 0. The van der Waals surface area contributed by atoms with Crippen LogP contribution in [0.5, 0.6) is 0 Å². The van der Waals surface area contributed by atoms with Crippen molar-refractivity contribution in [2.75, 3.05) is 0 Å². The van der Waals surface area contributed by atoms with Gasteiger partial charge in [0.1, 0.15) is 0 Å². The van der Waals surface area contributed by atoms with Crippen molar-refractivity contribution in [1.29, 1.82) is 0 Å². The average Bonchev–Trinajstić information content (AvgIpc) is 3.07. The SMILES string of the molecule is Clc1c(C#Cc2ccccc2)c(Cl)c(C#Cc2ccccc2)c(Cl)c1C#Cc1ccccc1.Clc1c(I)c(Cl)c(I)c(Cl)c1I. The second-order valence-corrected chi connectivity index (χ2v) is 14.3. The predicted octanol–water partition coefficient (Wildman–Crippen LogP) is 13.3. The molecular formula is C36H15Cl6I3. The van der Waals surface area contributed by atoms with Gasteiger partial charge in [-0.15, -0.1) is 0 Å². The van der Waals surface area contributed by atoms with E-state index in [1.807, 2.05) is 91.0 Å². The van der Waals surface area contributed by atoms with Crippen molar-refractivity contribution >= 4 is 137 Å². The highest BCUT2D eigenvalue weighted by atomic mass is 127. The van der Waals surface area contributed by atoms with E-state index in [-0.39, 0.29) is 0 Å². The molecule has 0 spiro atoms. The molecule has 5 aromatic rings. The van der Waals surface area contributed by atoms with E-state index in [1.165, 1.54) is 0 Å². The van der Waals surface area contributed by atoms with Crippen molar-refractivity contribution in [1.82, 2.24) is 0 Å². The number of hydrogen-bond donors (Lipinski definition) is 0. The lowest BCUT2D eigenvalue weighted by Crippen LogP contribution is -1.94. The van der Waals surface area contributed by atoms with Crippen LogP contribution in [0.4, 0.5) is 0 Å². The fourth-order valence-electron chi connectivity index (χ4n) is 3.54. The third-order valence-electron chi connectivity index (χ3n) is 5.79. The topological polar surface area (TPSA) is 0 Å². The monoisotopic (exact) mass is 1040 g/mol. The van der Waals surface area contributed by atoms with Gasteiger partial charge in [0.2, 0.25) is 0 Å². The Morgan fingerprint density at radius 3 is 0.756 bits per heavy atom. The van der Waals surface area contributed by atoms with Crippen LogP contribution >= 0.6 is 137 Å². The number of hydrogen-bond acceptors (Lipinski definition) is 0. The summed E-state index contributed by atoms with van der Waals surface area (Å²) in [4.78, 5) is 0. The van der Waals surface area contributed by atoms with E-state index in [9.17, 15) is 0 Å². The van der Waals surface area contributed by atoms with Gasteiger partial charge >= 0.3 is 0 Å². The summed E-state index contributed by atoms with van der Waals surface area (Å²) in [6.45, 7) is 0. The molecule has 0 radical (unpaired) electrons. The van der Waals surface area contributed by atoms with Crippen LogP contribution in [0, 0.1) is 46.2 Å². The normalized spacial score (nSPS) is 9.80. The van der Waals surface area contributed by atoms with Gasteiger partial charge in [-0.3, -0.25) is 0 Å². The van der Waals surface area contributed by atoms with Gasteiger partial charge in [-0.05, 0) is 104 Å². The quantitative estimate of drug-likeness (QED) is 0.0628. The molecule has 5 rings (SSSR count). The fourth-order valence-corrected chi connectivity index (χ4v) is 8.41. The Morgan fingerprint density at radius 2 is 0.533 bits per heavy atom. The summed E-state index contributed by atoms with van der Waals surface area (Å²) in [6.07, 6.45) is 0. The summed E-state index contributed by atoms with van der Waals surface area (Å²) in [5.41, 5.74) is 3.86. The highest BCUT2D eigenvalue weighted by Crippen LogP contribution is 2.40. The molecule has 0 amide bonds. The van der Waals surface area contributed by atoms with Crippen molar-refractivity contribution < 1.29 is 0 Å². The van der Waals surface area contributed by atoms with Gasteiger partial charge in [-0.25, -0.2) is 0 Å². The third kappa shape index (κ3) is 9.64. The molecule has 9 heteroatoms. The minimum absolute atomic E-state index is 0.308. The molecular weight excluding hydrogens is 1030 g/mol. The lowest BCUT2D eigenvalue weighted by Gasteiger charge is -2.09. The maximum Gasteiger partial charge on any atom is 0.0750 e. The minimum atomic E-state index is 0.308. The molecule has 0 saturated carbocycles. The van der Waals surface area contributed by atoms with E-state index in [0.29, 0.717) is 46.8 Å². The standard InChI is InChI=1S/C30H15Cl3.C6Cl3I3/c31-28-25(19-16-22-10-4-1-5-11-22)29(32)27(21-18-24-14-8-3-9-15-24)30(33)26(28)20-17-23-12-6-2-7-13-23;7-1-4(10)2(8)6(12)3(9)5(1)11/h1-15H;. The van der Waals surface area contributed by atoms with Gasteiger partial charge < -0.3 is 0 Å². The molecule has 0 fully saturated rings. The van der Waals surface area contributed by atoms with Gasteiger partial charge in [0.25, 0.3) is 0 Å². The molecule has 0 aliphatic heterocycles. The third-order valence-corrected chi connectivity index (χ3v) is 13.2. The first-order chi connectivity index (χ1) is 21.6. The zero-order chi connectivity index (χ0) is 32.5. The zero-order valence-electron chi connectivity index (χ0n) is 22.6. The largest absolute Gasteiger partial charge is 0.0819 e. The average molecular weight is 1040 g/mol. The fraction of sp³-hybridized carbons (Fsp3) is 0. The predicted molar refractivity (Wildman–Crippen MR) is 218 cm³/mol. The molecule has 45 heavy (non-hydrogen) atoms. The lowest BCUT2D eigenvalue weighted by molar-refractivity contribution is 1.54. The van der Waals surface area contributed by atoms with E-state index in [1.54, 1.807) is 0 Å². The Morgan fingerprint density at radius 1 is 0.311 bits per heavy atom. The molecule has 5 aromatic carbocycles. The summed E-state index contributed by atoms with van der Waals surface area (Å²) in [6, 6.07) is 28.8. The molecule has 0 heterocycles. The van der Waals surface area contributed by atoms with E-state index >= 15 is 0 Å². The molecule has 0 bridgehead atoms. The maximum atomic E-state index is 6.72. The molecule has 0 aromatic heterocycles. The summed E-state index contributed by atoms with van der Waals surface area (Å²) < 4.78 is 2.57. The van der Waals surface area contributed by atoms with Crippen LogP contribution in [0.25, 0.3) is 0 Å². The van der Waals surface area contributed by atoms with Crippen molar-refractivity contribution in [2.45, 2.75) is 0 Å². The highest BCUT2D eigenvalue weighted by Gasteiger charge is 2.19. The summed E-state index contributed by atoms with van der Waals surface area (Å²) in [5.74, 6) is 18.6. The van der Waals surface area contributed by atoms with Gasteiger partial charge in [-0.1, -0.05) is 160 Å². The van der Waals surface area contributed by atoms with Gasteiger partial charge in [0, 0.05) is 16.7 Å². The second kappa shape index (κ2) is 17.7. The maximum absolute atomic E-state index is 6.72. The van der Waals surface area contributed by atoms with Crippen molar-refractivity contribution in [3.8, 4) is 35.5 Å². The molecule has 222 valence electrons. The smallest absolute Gasteiger partial charge is 0.0750 e.